The molecule has 16 heavy (non-hydrogen) atoms. The molecular weight excluding hydrogens is 293 g/mol. The second-order valence-corrected chi connectivity index (χ2v) is 4.82. The van der Waals surface area contributed by atoms with Gasteiger partial charge in [-0.2, -0.15) is 0 Å². The van der Waals surface area contributed by atoms with Gasteiger partial charge in [0.2, 0.25) is 0 Å². The highest BCUT2D eigenvalue weighted by Gasteiger charge is 2.20. The molecule has 1 N–H and O–H groups in total. The van der Waals surface area contributed by atoms with Gasteiger partial charge in [-0.15, -0.1) is 0 Å². The van der Waals surface area contributed by atoms with E-state index in [0.717, 1.165) is 5.56 Å². The van der Waals surface area contributed by atoms with Crippen molar-refractivity contribution in [1.29, 1.82) is 0 Å². The Hall–Kier alpha value is -0.580. The number of aliphatic hydroxyl groups is 1. The number of hydrogen-bond donors (Lipinski definition) is 1. The van der Waals surface area contributed by atoms with Crippen LogP contribution in [0.2, 0.25) is 5.15 Å². The van der Waals surface area contributed by atoms with Gasteiger partial charge in [0.05, 0.1) is 4.47 Å². The normalized spacial score (nSPS) is 13.3. The molecule has 2 rings (SSSR count). The van der Waals surface area contributed by atoms with Crippen LogP contribution in [0, 0.1) is 6.92 Å². The first-order valence-electron chi connectivity index (χ1n) is 4.97. The summed E-state index contributed by atoms with van der Waals surface area (Å²) in [6, 6.07) is 1.74. The van der Waals surface area contributed by atoms with Crippen LogP contribution in [0.1, 0.15) is 30.8 Å². The summed E-state index contributed by atoms with van der Waals surface area (Å²) >= 11 is 9.27. The molecule has 0 radical (unpaired) electrons. The molecule has 2 heterocycles. The third kappa shape index (κ3) is 1.85. The zero-order valence-electron chi connectivity index (χ0n) is 8.92. The molecule has 5 heteroatoms. The number of aryl methyl sites for hydroxylation is 1. The van der Waals surface area contributed by atoms with Crippen LogP contribution in [0.4, 0.5) is 0 Å². The fourth-order valence-electron chi connectivity index (χ4n) is 1.57. The molecule has 0 aliphatic rings. The standard InChI is InChI=1S/C11H11BrClNO2/c1-3-6(15)11-8(12)9-10(16-11)5(2)4-7(13)14-9/h4,6,15H,3H2,1-2H3. The number of rotatable bonds is 2. The Morgan fingerprint density at radius 1 is 1.62 bits per heavy atom. The second kappa shape index (κ2) is 4.35. The molecule has 1 atom stereocenters. The highest BCUT2D eigenvalue weighted by Crippen LogP contribution is 2.36. The van der Waals surface area contributed by atoms with Crippen molar-refractivity contribution in [3.8, 4) is 0 Å². The quantitative estimate of drug-likeness (QED) is 0.853. The summed E-state index contributed by atoms with van der Waals surface area (Å²) < 4.78 is 6.30. The fourth-order valence-corrected chi connectivity index (χ4v) is 2.43. The van der Waals surface area contributed by atoms with Crippen molar-refractivity contribution in [1.82, 2.24) is 4.98 Å². The first kappa shape index (κ1) is 11.9. The average Bonchev–Trinajstić information content (AvgIpc) is 2.56. The van der Waals surface area contributed by atoms with Crippen molar-refractivity contribution in [2.24, 2.45) is 0 Å². The van der Waals surface area contributed by atoms with Gasteiger partial charge in [-0.1, -0.05) is 18.5 Å². The summed E-state index contributed by atoms with van der Waals surface area (Å²) in [5.74, 6) is 0.510. The Balaban J connectivity index is 2.72. The summed E-state index contributed by atoms with van der Waals surface area (Å²) in [7, 11) is 0. The Bertz CT molecular complexity index is 538. The predicted molar refractivity (Wildman–Crippen MR) is 66.7 cm³/mol. The molecule has 0 aromatic carbocycles. The largest absolute Gasteiger partial charge is 0.455 e. The first-order chi connectivity index (χ1) is 7.54. The molecule has 0 bridgehead atoms. The lowest BCUT2D eigenvalue weighted by atomic mass is 10.2. The van der Waals surface area contributed by atoms with Gasteiger partial charge in [0, 0.05) is 0 Å². The van der Waals surface area contributed by atoms with Crippen molar-refractivity contribution >= 4 is 38.6 Å². The lowest BCUT2D eigenvalue weighted by Gasteiger charge is -2.02. The third-order valence-corrected chi connectivity index (χ3v) is 3.41. The molecule has 0 saturated carbocycles. The summed E-state index contributed by atoms with van der Waals surface area (Å²) in [4.78, 5) is 4.19. The zero-order valence-corrected chi connectivity index (χ0v) is 11.3. The minimum Gasteiger partial charge on any atom is -0.455 e. The van der Waals surface area contributed by atoms with Crippen molar-refractivity contribution in [2.75, 3.05) is 0 Å². The minimum atomic E-state index is -0.623. The molecule has 0 aliphatic carbocycles. The van der Waals surface area contributed by atoms with Gasteiger partial charge in [0.1, 0.15) is 22.5 Å². The average molecular weight is 305 g/mol. The Morgan fingerprint density at radius 3 is 2.94 bits per heavy atom. The number of fused-ring (bicyclic) bond motifs is 1. The maximum absolute atomic E-state index is 9.79. The van der Waals surface area contributed by atoms with E-state index in [0.29, 0.717) is 32.9 Å². The van der Waals surface area contributed by atoms with E-state index in [1.807, 2.05) is 13.8 Å². The van der Waals surface area contributed by atoms with Crippen LogP contribution in [0.15, 0.2) is 15.0 Å². The number of nitrogens with zero attached hydrogens (tertiary/aromatic N) is 1. The summed E-state index contributed by atoms with van der Waals surface area (Å²) in [5.41, 5.74) is 2.23. The monoisotopic (exact) mass is 303 g/mol. The lowest BCUT2D eigenvalue weighted by Crippen LogP contribution is -1.92. The summed E-state index contributed by atoms with van der Waals surface area (Å²) in [6.45, 7) is 3.78. The minimum absolute atomic E-state index is 0.420. The van der Waals surface area contributed by atoms with E-state index in [4.69, 9.17) is 16.0 Å². The van der Waals surface area contributed by atoms with E-state index >= 15 is 0 Å². The van der Waals surface area contributed by atoms with Gasteiger partial charge < -0.3 is 9.52 Å². The van der Waals surface area contributed by atoms with Crippen LogP contribution in [-0.4, -0.2) is 10.1 Å². The highest BCUT2D eigenvalue weighted by molar-refractivity contribution is 9.10. The Morgan fingerprint density at radius 2 is 2.31 bits per heavy atom. The second-order valence-electron chi connectivity index (χ2n) is 3.64. The Kier molecular flexibility index (Phi) is 3.24. The molecule has 0 saturated heterocycles. The number of aromatic nitrogens is 1. The van der Waals surface area contributed by atoms with Gasteiger partial charge >= 0.3 is 0 Å². The van der Waals surface area contributed by atoms with E-state index in [1.165, 1.54) is 0 Å². The smallest absolute Gasteiger partial charge is 0.157 e. The van der Waals surface area contributed by atoms with Crippen LogP contribution in [-0.2, 0) is 0 Å². The number of aliphatic hydroxyl groups excluding tert-OH is 1. The lowest BCUT2D eigenvalue weighted by molar-refractivity contribution is 0.147. The van der Waals surface area contributed by atoms with Crippen molar-refractivity contribution in [3.63, 3.8) is 0 Å². The van der Waals surface area contributed by atoms with E-state index < -0.39 is 6.10 Å². The van der Waals surface area contributed by atoms with Gasteiger partial charge in [-0.3, -0.25) is 0 Å². The number of halogens is 2. The number of furan rings is 1. The molecule has 0 amide bonds. The van der Waals surface area contributed by atoms with Crippen LogP contribution in [0.3, 0.4) is 0 Å². The summed E-state index contributed by atoms with van der Waals surface area (Å²) in [6.07, 6.45) is -0.0349. The van der Waals surface area contributed by atoms with Gasteiger partial charge in [0.25, 0.3) is 0 Å². The van der Waals surface area contributed by atoms with Crippen molar-refractivity contribution in [2.45, 2.75) is 26.4 Å². The molecule has 0 spiro atoms. The molecule has 0 aliphatic heterocycles. The number of pyridine rings is 1. The molecular formula is C11H11BrClNO2. The highest BCUT2D eigenvalue weighted by atomic mass is 79.9. The molecule has 1 unspecified atom stereocenters. The SMILES string of the molecule is CCC(O)c1oc2c(C)cc(Cl)nc2c1Br. The molecule has 86 valence electrons. The van der Waals surface area contributed by atoms with E-state index in [1.54, 1.807) is 6.07 Å². The van der Waals surface area contributed by atoms with Crippen LogP contribution >= 0.6 is 27.5 Å². The molecule has 2 aromatic heterocycles. The van der Waals surface area contributed by atoms with Gasteiger partial charge in [-0.25, -0.2) is 4.98 Å². The number of hydrogen-bond acceptors (Lipinski definition) is 3. The zero-order chi connectivity index (χ0) is 11.9. The van der Waals surface area contributed by atoms with Crippen molar-refractivity contribution in [3.05, 3.63) is 27.0 Å². The van der Waals surface area contributed by atoms with Crippen LogP contribution < -0.4 is 0 Å². The van der Waals surface area contributed by atoms with Crippen LogP contribution in [0.25, 0.3) is 11.1 Å². The summed E-state index contributed by atoms with van der Waals surface area (Å²) in [5, 5.41) is 10.2. The van der Waals surface area contributed by atoms with Gasteiger partial charge in [-0.05, 0) is 40.9 Å². The third-order valence-electron chi connectivity index (χ3n) is 2.45. The predicted octanol–water partition coefficient (Wildman–Crippen LogP) is 4.00. The maximum atomic E-state index is 9.79. The first-order valence-corrected chi connectivity index (χ1v) is 6.14. The van der Waals surface area contributed by atoms with E-state index in [2.05, 4.69) is 20.9 Å². The molecule has 3 nitrogen and oxygen atoms in total. The van der Waals surface area contributed by atoms with E-state index in [-0.39, 0.29) is 0 Å². The molecule has 0 fully saturated rings. The maximum Gasteiger partial charge on any atom is 0.157 e. The van der Waals surface area contributed by atoms with Crippen LogP contribution in [0.5, 0.6) is 0 Å². The van der Waals surface area contributed by atoms with Gasteiger partial charge in [0.15, 0.2) is 5.58 Å². The topological polar surface area (TPSA) is 46.3 Å². The molecule has 2 aromatic rings. The Labute approximate surface area is 107 Å². The van der Waals surface area contributed by atoms with Crippen molar-refractivity contribution < 1.29 is 9.52 Å². The van der Waals surface area contributed by atoms with E-state index in [9.17, 15) is 5.11 Å². The fraction of sp³-hybridized carbons (Fsp3) is 0.364.